The summed E-state index contributed by atoms with van der Waals surface area (Å²) in [7, 11) is 0. The van der Waals surface area contributed by atoms with Crippen LogP contribution in [0.4, 0.5) is 0 Å². The molecule has 3 N–H and O–H groups in total. The number of nitrogens with zero attached hydrogens (tertiary/aromatic N) is 2. The fraction of sp³-hybridized carbons (Fsp3) is 0.286. The third-order valence-electron chi connectivity index (χ3n) is 2.71. The van der Waals surface area contributed by atoms with E-state index in [1.165, 1.54) is 0 Å². The molecule has 2 rings (SSSR count). The predicted octanol–water partition coefficient (Wildman–Crippen LogP) is -0.349. The lowest BCUT2D eigenvalue weighted by Crippen LogP contribution is -2.27. The van der Waals surface area contributed by atoms with E-state index in [2.05, 4.69) is 20.8 Å². The number of hydrogen-bond donors (Lipinski definition) is 3. The van der Waals surface area contributed by atoms with E-state index in [4.69, 9.17) is 9.63 Å². The van der Waals surface area contributed by atoms with Crippen LogP contribution in [-0.2, 0) is 17.8 Å². The van der Waals surface area contributed by atoms with Crippen molar-refractivity contribution < 1.29 is 19.2 Å². The first-order valence-corrected chi connectivity index (χ1v) is 6.71. The highest BCUT2D eigenvalue weighted by atomic mass is 16.5. The maximum atomic E-state index is 11.8. The number of carbonyl (C=O) groups is 2. The van der Waals surface area contributed by atoms with Crippen molar-refractivity contribution in [3.63, 3.8) is 0 Å². The maximum Gasteiger partial charge on any atom is 0.315 e. The molecule has 0 spiro atoms. The van der Waals surface area contributed by atoms with Gasteiger partial charge in [0.05, 0.1) is 13.0 Å². The molecule has 0 aliphatic rings. The SMILES string of the molecule is O=C(Cc1noc(C(=O)NCCO)n1)NCc1ccccc1. The summed E-state index contributed by atoms with van der Waals surface area (Å²) in [6.45, 7) is 0.310. The highest BCUT2D eigenvalue weighted by Crippen LogP contribution is 2.00. The molecule has 2 amide bonds. The van der Waals surface area contributed by atoms with Crippen LogP contribution in [0, 0.1) is 0 Å². The average molecular weight is 304 g/mol. The van der Waals surface area contributed by atoms with Crippen LogP contribution in [0.2, 0.25) is 0 Å². The van der Waals surface area contributed by atoms with E-state index in [-0.39, 0.29) is 37.2 Å². The summed E-state index contributed by atoms with van der Waals surface area (Å²) in [6.07, 6.45) is -0.0797. The summed E-state index contributed by atoms with van der Waals surface area (Å²) in [4.78, 5) is 27.1. The van der Waals surface area contributed by atoms with Crippen LogP contribution in [0.25, 0.3) is 0 Å². The second-order valence-electron chi connectivity index (χ2n) is 4.43. The third kappa shape index (κ3) is 4.67. The van der Waals surface area contributed by atoms with Crippen LogP contribution in [-0.4, -0.2) is 40.2 Å². The van der Waals surface area contributed by atoms with Crippen LogP contribution in [0.15, 0.2) is 34.9 Å². The molecule has 2 aromatic rings. The van der Waals surface area contributed by atoms with E-state index in [0.717, 1.165) is 5.56 Å². The lowest BCUT2D eigenvalue weighted by atomic mass is 10.2. The second-order valence-corrected chi connectivity index (χ2v) is 4.43. The number of hydrogen-bond acceptors (Lipinski definition) is 6. The minimum Gasteiger partial charge on any atom is -0.395 e. The normalized spacial score (nSPS) is 10.2. The fourth-order valence-electron chi connectivity index (χ4n) is 1.67. The molecule has 8 nitrogen and oxygen atoms in total. The molecule has 0 atom stereocenters. The number of benzene rings is 1. The Morgan fingerprint density at radius 3 is 2.68 bits per heavy atom. The second kappa shape index (κ2) is 7.89. The Hall–Kier alpha value is -2.74. The molecular weight excluding hydrogens is 288 g/mol. The van der Waals surface area contributed by atoms with E-state index >= 15 is 0 Å². The molecule has 8 heteroatoms. The zero-order valence-corrected chi connectivity index (χ0v) is 11.8. The molecule has 1 heterocycles. The Balaban J connectivity index is 1.82. The van der Waals surface area contributed by atoms with Gasteiger partial charge in [-0.3, -0.25) is 9.59 Å². The third-order valence-corrected chi connectivity index (χ3v) is 2.71. The molecule has 0 fully saturated rings. The van der Waals surface area contributed by atoms with Gasteiger partial charge in [0.1, 0.15) is 0 Å². The van der Waals surface area contributed by atoms with Crippen molar-refractivity contribution in [1.82, 2.24) is 20.8 Å². The van der Waals surface area contributed by atoms with Gasteiger partial charge >= 0.3 is 11.8 Å². The van der Waals surface area contributed by atoms with Gasteiger partial charge in [0.15, 0.2) is 5.82 Å². The topological polar surface area (TPSA) is 117 Å². The van der Waals surface area contributed by atoms with Gasteiger partial charge in [-0.15, -0.1) is 0 Å². The highest BCUT2D eigenvalue weighted by molar-refractivity contribution is 5.89. The molecule has 1 aromatic heterocycles. The fourth-order valence-corrected chi connectivity index (χ4v) is 1.67. The molecule has 0 bridgehead atoms. The van der Waals surface area contributed by atoms with Gasteiger partial charge in [0, 0.05) is 13.1 Å². The van der Waals surface area contributed by atoms with Gasteiger partial charge in [-0.1, -0.05) is 35.5 Å². The lowest BCUT2D eigenvalue weighted by molar-refractivity contribution is -0.120. The van der Waals surface area contributed by atoms with Gasteiger partial charge in [0.2, 0.25) is 5.91 Å². The van der Waals surface area contributed by atoms with Crippen molar-refractivity contribution in [2.75, 3.05) is 13.2 Å². The van der Waals surface area contributed by atoms with Crippen LogP contribution in [0.5, 0.6) is 0 Å². The highest BCUT2D eigenvalue weighted by Gasteiger charge is 2.16. The van der Waals surface area contributed by atoms with Crippen molar-refractivity contribution >= 4 is 11.8 Å². The largest absolute Gasteiger partial charge is 0.395 e. The minimum atomic E-state index is -0.586. The summed E-state index contributed by atoms with van der Waals surface area (Å²) in [5.74, 6) is -0.969. The van der Waals surface area contributed by atoms with Crippen LogP contribution >= 0.6 is 0 Å². The summed E-state index contributed by atoms with van der Waals surface area (Å²) in [5, 5.41) is 17.3. The first-order valence-electron chi connectivity index (χ1n) is 6.71. The lowest BCUT2D eigenvalue weighted by Gasteiger charge is -2.03. The minimum absolute atomic E-state index is 0.0797. The molecule has 0 aliphatic heterocycles. The molecule has 0 aliphatic carbocycles. The summed E-state index contributed by atoms with van der Waals surface area (Å²) in [5.41, 5.74) is 0.980. The van der Waals surface area contributed by atoms with Gasteiger partial charge in [-0.2, -0.15) is 4.98 Å². The number of aliphatic hydroxyl groups excluding tert-OH is 1. The van der Waals surface area contributed by atoms with Crippen molar-refractivity contribution in [3.05, 3.63) is 47.6 Å². The Bertz CT molecular complexity index is 627. The first-order chi connectivity index (χ1) is 10.7. The number of amides is 2. The standard InChI is InChI=1S/C14H16N4O4/c19-7-6-15-13(21)14-17-11(18-22-14)8-12(20)16-9-10-4-2-1-3-5-10/h1-5,19H,6-9H2,(H,15,21)(H,16,20). The Morgan fingerprint density at radius 2 is 1.95 bits per heavy atom. The number of rotatable bonds is 7. The van der Waals surface area contributed by atoms with E-state index in [0.29, 0.717) is 6.54 Å². The molecule has 1 aromatic carbocycles. The van der Waals surface area contributed by atoms with Gasteiger partial charge in [0.25, 0.3) is 0 Å². The Morgan fingerprint density at radius 1 is 1.18 bits per heavy atom. The van der Waals surface area contributed by atoms with Crippen molar-refractivity contribution in [2.24, 2.45) is 0 Å². The quantitative estimate of drug-likeness (QED) is 0.643. The molecule has 0 unspecified atom stereocenters. The first kappa shape index (κ1) is 15.6. The van der Waals surface area contributed by atoms with Gasteiger partial charge in [-0.05, 0) is 5.56 Å². The van der Waals surface area contributed by atoms with E-state index in [1.807, 2.05) is 30.3 Å². The van der Waals surface area contributed by atoms with Crippen molar-refractivity contribution in [1.29, 1.82) is 0 Å². The van der Waals surface area contributed by atoms with E-state index in [1.54, 1.807) is 0 Å². The molecule has 0 saturated carbocycles. The molecular formula is C14H16N4O4. The number of nitrogens with one attached hydrogen (secondary N) is 2. The summed E-state index contributed by atoms with van der Waals surface area (Å²) >= 11 is 0. The van der Waals surface area contributed by atoms with Crippen molar-refractivity contribution in [3.8, 4) is 0 Å². The molecule has 116 valence electrons. The average Bonchev–Trinajstić information content (AvgIpc) is 3.00. The number of aromatic nitrogens is 2. The predicted molar refractivity (Wildman–Crippen MR) is 75.7 cm³/mol. The Kier molecular flexibility index (Phi) is 5.61. The van der Waals surface area contributed by atoms with Crippen molar-refractivity contribution in [2.45, 2.75) is 13.0 Å². The smallest absolute Gasteiger partial charge is 0.315 e. The number of carbonyl (C=O) groups excluding carboxylic acids is 2. The zero-order chi connectivity index (χ0) is 15.8. The monoisotopic (exact) mass is 304 g/mol. The van der Waals surface area contributed by atoms with E-state index in [9.17, 15) is 9.59 Å². The number of aliphatic hydroxyl groups is 1. The van der Waals surface area contributed by atoms with E-state index < -0.39 is 5.91 Å². The Labute approximate surface area is 126 Å². The molecule has 22 heavy (non-hydrogen) atoms. The molecule has 0 radical (unpaired) electrons. The van der Waals surface area contributed by atoms with Crippen LogP contribution in [0.1, 0.15) is 22.1 Å². The van der Waals surface area contributed by atoms with Gasteiger partial charge < -0.3 is 20.3 Å². The summed E-state index contributed by atoms with van der Waals surface area (Å²) in [6, 6.07) is 9.47. The van der Waals surface area contributed by atoms with Crippen LogP contribution in [0.3, 0.4) is 0 Å². The summed E-state index contributed by atoms with van der Waals surface area (Å²) < 4.78 is 4.75. The maximum absolute atomic E-state index is 11.8. The van der Waals surface area contributed by atoms with Gasteiger partial charge in [-0.25, -0.2) is 0 Å². The molecule has 0 saturated heterocycles. The zero-order valence-electron chi connectivity index (χ0n) is 11.8. The van der Waals surface area contributed by atoms with Crippen LogP contribution < -0.4 is 10.6 Å².